The number of nitrogens with zero attached hydrogens (tertiary/aromatic N) is 3. The van der Waals surface area contributed by atoms with E-state index in [0.717, 1.165) is 38.0 Å². The summed E-state index contributed by atoms with van der Waals surface area (Å²) in [6.07, 6.45) is 7.39. The summed E-state index contributed by atoms with van der Waals surface area (Å²) in [7, 11) is -3.75. The van der Waals surface area contributed by atoms with Crippen LogP contribution in [-0.4, -0.2) is 74.2 Å². The average Bonchev–Trinajstić information content (AvgIpc) is 3.00. The maximum absolute atomic E-state index is 14.5. The number of carbonyl (C=O) groups is 1. The lowest BCUT2D eigenvalue weighted by atomic mass is 9.89. The fourth-order valence-electron chi connectivity index (χ4n) is 4.80. The zero-order chi connectivity index (χ0) is 22.4. The van der Waals surface area contributed by atoms with Gasteiger partial charge in [-0.05, 0) is 49.9 Å². The summed E-state index contributed by atoms with van der Waals surface area (Å²) in [6, 6.07) is 3.54. The van der Waals surface area contributed by atoms with Gasteiger partial charge in [-0.15, -0.1) is 0 Å². The van der Waals surface area contributed by atoms with Crippen molar-refractivity contribution in [3.8, 4) is 0 Å². The molecule has 1 aliphatic carbocycles. The molecule has 1 aromatic carbocycles. The zero-order valence-corrected chi connectivity index (χ0v) is 19.7. The van der Waals surface area contributed by atoms with Crippen molar-refractivity contribution in [2.75, 3.05) is 45.8 Å². The predicted molar refractivity (Wildman–Crippen MR) is 120 cm³/mol. The summed E-state index contributed by atoms with van der Waals surface area (Å²) >= 11 is 0. The van der Waals surface area contributed by atoms with Gasteiger partial charge in [0.25, 0.3) is 5.91 Å². The lowest BCUT2D eigenvalue weighted by Crippen LogP contribution is -2.37. The normalized spacial score (nSPS) is 19.5. The Morgan fingerprint density at radius 1 is 1.03 bits per heavy atom. The van der Waals surface area contributed by atoms with Crippen LogP contribution < -0.4 is 0 Å². The molecule has 0 radical (unpaired) electrons. The van der Waals surface area contributed by atoms with Crippen LogP contribution in [0.3, 0.4) is 0 Å². The fourth-order valence-corrected chi connectivity index (χ4v) is 6.29. The minimum atomic E-state index is -3.75. The molecule has 1 aromatic rings. The molecule has 174 valence electrons. The van der Waals surface area contributed by atoms with Crippen molar-refractivity contribution in [3.63, 3.8) is 0 Å². The Morgan fingerprint density at radius 3 is 2.42 bits per heavy atom. The molecular weight excluding hydrogens is 417 g/mol. The summed E-state index contributed by atoms with van der Waals surface area (Å²) in [4.78, 5) is 17.2. The van der Waals surface area contributed by atoms with E-state index in [1.807, 2.05) is 0 Å². The first-order valence-corrected chi connectivity index (χ1v) is 13.1. The smallest absolute Gasteiger partial charge is 0.256 e. The van der Waals surface area contributed by atoms with Gasteiger partial charge in [-0.25, -0.2) is 12.8 Å². The molecule has 31 heavy (non-hydrogen) atoms. The number of benzene rings is 1. The number of amides is 1. The van der Waals surface area contributed by atoms with Crippen LogP contribution in [-0.2, 0) is 10.0 Å². The van der Waals surface area contributed by atoms with Crippen molar-refractivity contribution in [1.82, 2.24) is 14.1 Å². The highest BCUT2D eigenvalue weighted by Crippen LogP contribution is 2.25. The van der Waals surface area contributed by atoms with Crippen LogP contribution in [0.15, 0.2) is 23.1 Å². The SMILES string of the molecule is CCN(CC)S(=O)(=O)c1ccc(F)c(C(=O)N2CCCN(CC3CCCCC3)CC2)c1. The molecule has 1 heterocycles. The monoisotopic (exact) mass is 453 g/mol. The highest BCUT2D eigenvalue weighted by atomic mass is 32.2. The predicted octanol–water partition coefficient (Wildman–Crippen LogP) is 3.58. The van der Waals surface area contributed by atoms with E-state index in [1.54, 1.807) is 18.7 Å². The molecule has 1 saturated carbocycles. The van der Waals surface area contributed by atoms with Gasteiger partial charge in [-0.2, -0.15) is 4.31 Å². The van der Waals surface area contributed by atoms with Crippen molar-refractivity contribution in [2.45, 2.75) is 57.3 Å². The Bertz CT molecular complexity index is 852. The maximum atomic E-state index is 14.5. The molecule has 6 nitrogen and oxygen atoms in total. The molecule has 0 unspecified atom stereocenters. The van der Waals surface area contributed by atoms with Crippen molar-refractivity contribution in [3.05, 3.63) is 29.6 Å². The van der Waals surface area contributed by atoms with Crippen LogP contribution in [0, 0.1) is 11.7 Å². The number of sulfonamides is 1. The van der Waals surface area contributed by atoms with E-state index in [1.165, 1.54) is 48.5 Å². The lowest BCUT2D eigenvalue weighted by molar-refractivity contribution is 0.0755. The second-order valence-corrected chi connectivity index (χ2v) is 10.6. The molecule has 0 atom stereocenters. The van der Waals surface area contributed by atoms with Crippen molar-refractivity contribution in [1.29, 1.82) is 0 Å². The van der Waals surface area contributed by atoms with Crippen LogP contribution in [0.1, 0.15) is 62.7 Å². The number of halogens is 1. The fraction of sp³-hybridized carbons (Fsp3) is 0.696. The van der Waals surface area contributed by atoms with E-state index in [4.69, 9.17) is 0 Å². The van der Waals surface area contributed by atoms with Gasteiger partial charge in [-0.3, -0.25) is 4.79 Å². The zero-order valence-electron chi connectivity index (χ0n) is 18.9. The van der Waals surface area contributed by atoms with Crippen LogP contribution in [0.25, 0.3) is 0 Å². The molecule has 2 fully saturated rings. The summed E-state index contributed by atoms with van der Waals surface area (Å²) in [5, 5.41) is 0. The third-order valence-electron chi connectivity index (χ3n) is 6.63. The Balaban J connectivity index is 1.70. The van der Waals surface area contributed by atoms with Crippen LogP contribution in [0.5, 0.6) is 0 Å². The van der Waals surface area contributed by atoms with E-state index in [-0.39, 0.29) is 10.5 Å². The molecule has 3 rings (SSSR count). The van der Waals surface area contributed by atoms with Gasteiger partial charge in [0, 0.05) is 39.3 Å². The second-order valence-electron chi connectivity index (χ2n) is 8.68. The lowest BCUT2D eigenvalue weighted by Gasteiger charge is -2.28. The molecular formula is C23H36FN3O3S. The minimum Gasteiger partial charge on any atom is -0.337 e. The highest BCUT2D eigenvalue weighted by molar-refractivity contribution is 7.89. The second kappa shape index (κ2) is 10.9. The average molecular weight is 454 g/mol. The quantitative estimate of drug-likeness (QED) is 0.633. The molecule has 1 saturated heterocycles. The number of hydrogen-bond acceptors (Lipinski definition) is 4. The molecule has 0 bridgehead atoms. The summed E-state index contributed by atoms with van der Waals surface area (Å²) in [5.41, 5.74) is -0.158. The largest absolute Gasteiger partial charge is 0.337 e. The van der Waals surface area contributed by atoms with Crippen molar-refractivity contribution in [2.24, 2.45) is 5.92 Å². The summed E-state index contributed by atoms with van der Waals surface area (Å²) in [6.45, 7) is 8.06. The summed E-state index contributed by atoms with van der Waals surface area (Å²) in [5.74, 6) is -0.351. The van der Waals surface area contributed by atoms with E-state index in [9.17, 15) is 17.6 Å². The molecule has 8 heteroatoms. The van der Waals surface area contributed by atoms with Crippen LogP contribution in [0.2, 0.25) is 0 Å². The highest BCUT2D eigenvalue weighted by Gasteiger charge is 2.27. The first kappa shape index (κ1) is 24.1. The van der Waals surface area contributed by atoms with Crippen LogP contribution >= 0.6 is 0 Å². The third-order valence-corrected chi connectivity index (χ3v) is 8.67. The van der Waals surface area contributed by atoms with Gasteiger partial charge >= 0.3 is 0 Å². The van der Waals surface area contributed by atoms with Gasteiger partial charge < -0.3 is 9.80 Å². The van der Waals surface area contributed by atoms with E-state index in [0.29, 0.717) is 26.2 Å². The summed E-state index contributed by atoms with van der Waals surface area (Å²) < 4.78 is 41.5. The standard InChI is InChI=1S/C23H36FN3O3S/c1-3-27(4-2)31(29,30)20-11-12-22(24)21(17-20)23(28)26-14-8-13-25(15-16-26)18-19-9-6-5-7-10-19/h11-12,17,19H,3-10,13-16,18H2,1-2H3. The Kier molecular flexibility index (Phi) is 8.47. The van der Waals surface area contributed by atoms with Crippen LogP contribution in [0.4, 0.5) is 4.39 Å². The van der Waals surface area contributed by atoms with Gasteiger partial charge in [0.15, 0.2) is 0 Å². The number of carbonyl (C=O) groups excluding carboxylic acids is 1. The maximum Gasteiger partial charge on any atom is 0.256 e. The minimum absolute atomic E-state index is 0.0327. The molecule has 1 amide bonds. The van der Waals surface area contributed by atoms with Gasteiger partial charge in [0.05, 0.1) is 10.5 Å². The van der Waals surface area contributed by atoms with Gasteiger partial charge in [0.2, 0.25) is 10.0 Å². The molecule has 0 aromatic heterocycles. The molecule has 0 N–H and O–H groups in total. The molecule has 0 spiro atoms. The van der Waals surface area contributed by atoms with Gasteiger partial charge in [-0.1, -0.05) is 33.1 Å². The Hall–Kier alpha value is -1.51. The van der Waals surface area contributed by atoms with Crippen molar-refractivity contribution >= 4 is 15.9 Å². The number of rotatable bonds is 7. The number of hydrogen-bond donors (Lipinski definition) is 0. The topological polar surface area (TPSA) is 60.9 Å². The van der Waals surface area contributed by atoms with Gasteiger partial charge in [0.1, 0.15) is 5.82 Å². The third kappa shape index (κ3) is 5.84. The Morgan fingerprint density at radius 2 is 1.74 bits per heavy atom. The first-order chi connectivity index (χ1) is 14.9. The van der Waals surface area contributed by atoms with Crippen molar-refractivity contribution < 1.29 is 17.6 Å². The molecule has 1 aliphatic heterocycles. The van der Waals surface area contributed by atoms with E-state index in [2.05, 4.69) is 4.90 Å². The first-order valence-electron chi connectivity index (χ1n) is 11.7. The Labute approximate surface area is 186 Å². The van der Waals surface area contributed by atoms with E-state index < -0.39 is 21.7 Å². The van der Waals surface area contributed by atoms with E-state index >= 15 is 0 Å². The molecule has 2 aliphatic rings.